The molecule has 0 saturated heterocycles. The molecule has 8 nitrogen and oxygen atoms in total. The molecular formula is C35H53NO7S. The Balaban J connectivity index is 1.61. The molecule has 2 aromatic rings. The molecule has 0 fully saturated rings. The zero-order valence-corrected chi connectivity index (χ0v) is 27.8. The van der Waals surface area contributed by atoms with Crippen LogP contribution in [0.25, 0.3) is 0 Å². The maximum Gasteiger partial charge on any atom is 0.294 e. The third kappa shape index (κ3) is 14.2. The second-order valence-electron chi connectivity index (χ2n) is 11.6. The van der Waals surface area contributed by atoms with Crippen molar-refractivity contribution in [3.8, 4) is 11.5 Å². The molecule has 1 atom stereocenters. The van der Waals surface area contributed by atoms with Crippen molar-refractivity contribution in [3.63, 3.8) is 0 Å². The monoisotopic (exact) mass is 631 g/mol. The molecule has 1 amide bonds. The van der Waals surface area contributed by atoms with Crippen LogP contribution in [0.15, 0.2) is 47.4 Å². The molecule has 2 rings (SSSR count). The van der Waals surface area contributed by atoms with Crippen LogP contribution in [-0.4, -0.2) is 38.4 Å². The fourth-order valence-electron chi connectivity index (χ4n) is 5.11. The smallest absolute Gasteiger partial charge is 0.294 e. The second kappa shape index (κ2) is 20.9. The Hall–Kier alpha value is -2.91. The molecule has 1 unspecified atom stereocenters. The molecule has 0 saturated carbocycles. The number of carbonyl (C=O) groups is 2. The van der Waals surface area contributed by atoms with E-state index in [4.69, 9.17) is 9.47 Å². The van der Waals surface area contributed by atoms with Crippen molar-refractivity contribution in [1.82, 2.24) is 0 Å². The van der Waals surface area contributed by atoms with Crippen molar-refractivity contribution in [2.45, 2.75) is 121 Å². The molecule has 9 heteroatoms. The Morgan fingerprint density at radius 3 is 1.75 bits per heavy atom. The molecule has 0 aliphatic rings. The third-order valence-electron chi connectivity index (χ3n) is 7.92. The van der Waals surface area contributed by atoms with Crippen molar-refractivity contribution in [2.75, 3.05) is 19.0 Å². The second-order valence-corrected chi connectivity index (χ2v) is 13.0. The van der Waals surface area contributed by atoms with Gasteiger partial charge in [-0.1, -0.05) is 103 Å². The summed E-state index contributed by atoms with van der Waals surface area (Å²) >= 11 is 0. The third-order valence-corrected chi connectivity index (χ3v) is 8.77. The van der Waals surface area contributed by atoms with Gasteiger partial charge < -0.3 is 14.8 Å². The van der Waals surface area contributed by atoms with Crippen molar-refractivity contribution < 1.29 is 32.0 Å². The molecule has 0 aromatic heterocycles. The lowest BCUT2D eigenvalue weighted by Gasteiger charge is -2.15. The Bertz CT molecular complexity index is 1230. The van der Waals surface area contributed by atoms with Crippen LogP contribution in [0.4, 0.5) is 5.69 Å². The average molecular weight is 632 g/mol. The lowest BCUT2D eigenvalue weighted by atomic mass is 9.98. The highest BCUT2D eigenvalue weighted by atomic mass is 32.2. The van der Waals surface area contributed by atoms with Gasteiger partial charge in [0.1, 0.15) is 11.5 Å². The number of carbonyl (C=O) groups excluding carboxylic acids is 2. The maximum absolute atomic E-state index is 12.9. The Morgan fingerprint density at radius 2 is 1.27 bits per heavy atom. The fourth-order valence-corrected chi connectivity index (χ4v) is 5.62. The summed E-state index contributed by atoms with van der Waals surface area (Å²) in [5.41, 5.74) is 0.395. The van der Waals surface area contributed by atoms with Gasteiger partial charge in [-0.05, 0) is 55.8 Å². The van der Waals surface area contributed by atoms with Crippen LogP contribution in [0.3, 0.4) is 0 Å². The topological polar surface area (TPSA) is 119 Å². The number of anilines is 1. The molecule has 0 heterocycles. The highest BCUT2D eigenvalue weighted by Gasteiger charge is 2.24. The number of ketones is 1. The van der Waals surface area contributed by atoms with E-state index in [0.29, 0.717) is 17.9 Å². The van der Waals surface area contributed by atoms with Gasteiger partial charge in [0.2, 0.25) is 5.91 Å². The van der Waals surface area contributed by atoms with E-state index in [0.717, 1.165) is 25.0 Å². The van der Waals surface area contributed by atoms with Gasteiger partial charge in [0.15, 0.2) is 5.78 Å². The van der Waals surface area contributed by atoms with Crippen molar-refractivity contribution in [1.29, 1.82) is 0 Å². The minimum Gasteiger partial charge on any atom is -0.495 e. The predicted molar refractivity (Wildman–Crippen MR) is 176 cm³/mol. The minimum absolute atomic E-state index is 0.0325. The summed E-state index contributed by atoms with van der Waals surface area (Å²) in [6.07, 6.45) is 21.2. The van der Waals surface area contributed by atoms with Gasteiger partial charge in [-0.15, -0.1) is 0 Å². The van der Waals surface area contributed by atoms with Crippen LogP contribution in [0.1, 0.15) is 127 Å². The molecular weight excluding hydrogens is 578 g/mol. The van der Waals surface area contributed by atoms with E-state index in [-0.39, 0.29) is 11.4 Å². The van der Waals surface area contributed by atoms with Crippen LogP contribution < -0.4 is 14.8 Å². The lowest BCUT2D eigenvalue weighted by molar-refractivity contribution is -0.118. The first-order valence-corrected chi connectivity index (χ1v) is 17.8. The van der Waals surface area contributed by atoms with Crippen LogP contribution in [0.5, 0.6) is 11.5 Å². The van der Waals surface area contributed by atoms with Crippen LogP contribution >= 0.6 is 0 Å². The highest BCUT2D eigenvalue weighted by Crippen LogP contribution is 2.28. The first-order chi connectivity index (χ1) is 21.2. The summed E-state index contributed by atoms with van der Waals surface area (Å²) < 4.78 is 43.3. The standard InChI is InChI=1S/C35H53NO7S/c1-4-5-6-7-8-9-10-11-12-13-14-15-16-17-18-19-26-43-30-22-20-29(21-23-30)34(37)28(2)35(38)36-32-27-31(44(39,40)41)24-25-33(32)42-3/h20-25,27-28H,4-19,26H2,1-3H3,(H,36,38)(H,39,40,41). The lowest BCUT2D eigenvalue weighted by Crippen LogP contribution is -2.27. The largest absolute Gasteiger partial charge is 0.495 e. The molecule has 2 aromatic carbocycles. The van der Waals surface area contributed by atoms with Crippen LogP contribution in [-0.2, 0) is 14.9 Å². The van der Waals surface area contributed by atoms with Crippen molar-refractivity contribution in [3.05, 3.63) is 48.0 Å². The molecule has 2 N–H and O–H groups in total. The van der Waals surface area contributed by atoms with E-state index in [2.05, 4.69) is 12.2 Å². The van der Waals surface area contributed by atoms with Crippen LogP contribution in [0, 0.1) is 5.92 Å². The van der Waals surface area contributed by atoms with Gasteiger partial charge in [-0.2, -0.15) is 8.42 Å². The zero-order chi connectivity index (χ0) is 32.2. The molecule has 0 aliphatic carbocycles. The number of hydrogen-bond acceptors (Lipinski definition) is 6. The number of unbranched alkanes of at least 4 members (excludes halogenated alkanes) is 15. The number of ether oxygens (including phenoxy) is 2. The normalized spacial score (nSPS) is 12.1. The van der Waals surface area contributed by atoms with E-state index in [1.165, 1.54) is 110 Å². The van der Waals surface area contributed by atoms with Crippen molar-refractivity contribution in [2.24, 2.45) is 5.92 Å². The first kappa shape index (κ1) is 37.3. The fraction of sp³-hybridized carbons (Fsp3) is 0.600. The summed E-state index contributed by atoms with van der Waals surface area (Å²) in [6.45, 7) is 4.36. The SMILES string of the molecule is CCCCCCCCCCCCCCCCCCOc1ccc(C(=O)C(C)C(=O)Nc2cc(S(=O)(=O)O)ccc2OC)cc1. The average Bonchev–Trinajstić information content (AvgIpc) is 3.01. The number of rotatable bonds is 24. The van der Waals surface area contributed by atoms with Gasteiger partial charge in [0, 0.05) is 5.56 Å². The Labute approximate surface area is 265 Å². The summed E-state index contributed by atoms with van der Waals surface area (Å²) in [7, 11) is -3.12. The minimum atomic E-state index is -4.48. The highest BCUT2D eigenvalue weighted by molar-refractivity contribution is 7.85. The quantitative estimate of drug-likeness (QED) is 0.0513. The number of nitrogens with one attached hydrogen (secondary N) is 1. The van der Waals surface area contributed by atoms with Gasteiger partial charge in [0.25, 0.3) is 10.1 Å². The molecule has 0 aliphatic heterocycles. The Kier molecular flexibility index (Phi) is 17.7. The number of Topliss-reactive ketones (excluding diaryl/α,β-unsaturated/α-hetero) is 1. The molecule has 44 heavy (non-hydrogen) atoms. The molecule has 0 spiro atoms. The van der Waals surface area contributed by atoms with E-state index >= 15 is 0 Å². The number of benzene rings is 2. The van der Waals surface area contributed by atoms with Gasteiger partial charge in [-0.3, -0.25) is 14.1 Å². The zero-order valence-electron chi connectivity index (χ0n) is 26.9. The van der Waals surface area contributed by atoms with Gasteiger partial charge in [0.05, 0.1) is 30.2 Å². The molecule has 0 bridgehead atoms. The first-order valence-electron chi connectivity index (χ1n) is 16.4. The van der Waals surface area contributed by atoms with Gasteiger partial charge in [-0.25, -0.2) is 0 Å². The summed E-state index contributed by atoms with van der Waals surface area (Å²) in [5, 5.41) is 2.53. The van der Waals surface area contributed by atoms with E-state index in [1.54, 1.807) is 24.3 Å². The predicted octanol–water partition coefficient (Wildman–Crippen LogP) is 9.04. The summed E-state index contributed by atoms with van der Waals surface area (Å²) in [4.78, 5) is 25.3. The number of methoxy groups -OCH3 is 1. The van der Waals surface area contributed by atoms with E-state index in [9.17, 15) is 22.6 Å². The number of amides is 1. The van der Waals surface area contributed by atoms with Crippen LogP contribution in [0.2, 0.25) is 0 Å². The van der Waals surface area contributed by atoms with Gasteiger partial charge >= 0.3 is 0 Å². The summed E-state index contributed by atoms with van der Waals surface area (Å²) in [6, 6.07) is 10.3. The molecule has 0 radical (unpaired) electrons. The van der Waals surface area contributed by atoms with E-state index < -0.39 is 32.6 Å². The summed E-state index contributed by atoms with van der Waals surface area (Å²) in [5.74, 6) is -1.21. The molecule has 246 valence electrons. The Morgan fingerprint density at radius 1 is 0.773 bits per heavy atom. The van der Waals surface area contributed by atoms with Crippen molar-refractivity contribution >= 4 is 27.5 Å². The van der Waals surface area contributed by atoms with E-state index in [1.807, 2.05) is 0 Å². The maximum atomic E-state index is 12.9. The number of hydrogen-bond donors (Lipinski definition) is 2.